The number of aryl methyl sites for hydroxylation is 2. The molecule has 0 aliphatic rings. The number of amides is 1. The van der Waals surface area contributed by atoms with Gasteiger partial charge in [-0.1, -0.05) is 47.7 Å². The summed E-state index contributed by atoms with van der Waals surface area (Å²) in [5.41, 5.74) is 4.53. The molecule has 180 valence electrons. The predicted octanol–water partition coefficient (Wildman–Crippen LogP) is 5.69. The van der Waals surface area contributed by atoms with Crippen LogP contribution in [0.4, 0.5) is 5.69 Å². The van der Waals surface area contributed by atoms with Crippen LogP contribution >= 0.6 is 11.8 Å². The number of nitrogens with one attached hydrogen (secondary N) is 1. The molecule has 0 radical (unpaired) electrons. The van der Waals surface area contributed by atoms with E-state index in [0.29, 0.717) is 28.2 Å². The van der Waals surface area contributed by atoms with Crippen LogP contribution in [-0.4, -0.2) is 40.1 Å². The number of aromatic nitrogens is 3. The first-order valence-electron chi connectivity index (χ1n) is 11.2. The summed E-state index contributed by atoms with van der Waals surface area (Å²) in [4.78, 5) is 13.1. The predicted molar refractivity (Wildman–Crippen MR) is 140 cm³/mol. The Morgan fingerprint density at radius 2 is 1.60 bits per heavy atom. The number of ether oxygens (including phenoxy) is 2. The van der Waals surface area contributed by atoms with E-state index in [1.165, 1.54) is 11.8 Å². The normalized spacial score (nSPS) is 11.7. The van der Waals surface area contributed by atoms with Crippen molar-refractivity contribution in [1.29, 1.82) is 0 Å². The first kappa shape index (κ1) is 24.3. The first-order valence-corrected chi connectivity index (χ1v) is 12.1. The zero-order chi connectivity index (χ0) is 24.9. The fourth-order valence-electron chi connectivity index (χ4n) is 3.64. The van der Waals surface area contributed by atoms with E-state index >= 15 is 0 Å². The van der Waals surface area contributed by atoms with Crippen LogP contribution in [0.3, 0.4) is 0 Å². The SMILES string of the molecule is COc1ccc(C)cc1NC(=O)C(C)Sc1nnc(-c2ccccc2OC)n1-c1ccc(C)cc1. The molecular weight excluding hydrogens is 460 g/mol. The summed E-state index contributed by atoms with van der Waals surface area (Å²) in [6, 6.07) is 21.5. The minimum Gasteiger partial charge on any atom is -0.496 e. The summed E-state index contributed by atoms with van der Waals surface area (Å²) in [6.07, 6.45) is 0. The molecule has 7 nitrogen and oxygen atoms in total. The van der Waals surface area contributed by atoms with Crippen molar-refractivity contribution in [3.8, 4) is 28.6 Å². The van der Waals surface area contributed by atoms with Crippen LogP contribution in [0, 0.1) is 13.8 Å². The van der Waals surface area contributed by atoms with Crippen LogP contribution in [0.25, 0.3) is 17.1 Å². The summed E-state index contributed by atoms with van der Waals surface area (Å²) in [5, 5.41) is 12.1. The Hall–Kier alpha value is -3.78. The Labute approximate surface area is 209 Å². The average molecular weight is 489 g/mol. The van der Waals surface area contributed by atoms with Crippen molar-refractivity contribution in [2.45, 2.75) is 31.2 Å². The number of anilines is 1. The van der Waals surface area contributed by atoms with Gasteiger partial charge >= 0.3 is 0 Å². The zero-order valence-corrected chi connectivity index (χ0v) is 21.2. The number of thioether (sulfide) groups is 1. The summed E-state index contributed by atoms with van der Waals surface area (Å²) in [6.45, 7) is 5.86. The van der Waals surface area contributed by atoms with Crippen molar-refractivity contribution >= 4 is 23.4 Å². The van der Waals surface area contributed by atoms with Gasteiger partial charge in [0.1, 0.15) is 11.5 Å². The van der Waals surface area contributed by atoms with E-state index in [0.717, 1.165) is 22.4 Å². The van der Waals surface area contributed by atoms with E-state index in [1.807, 2.05) is 92.1 Å². The summed E-state index contributed by atoms with van der Waals surface area (Å²) >= 11 is 1.34. The molecule has 0 fully saturated rings. The Bertz CT molecular complexity index is 1330. The van der Waals surface area contributed by atoms with Gasteiger partial charge in [0.2, 0.25) is 5.91 Å². The van der Waals surface area contributed by atoms with Crippen molar-refractivity contribution in [3.05, 3.63) is 77.9 Å². The molecule has 35 heavy (non-hydrogen) atoms. The maximum atomic E-state index is 13.1. The lowest BCUT2D eigenvalue weighted by Gasteiger charge is -2.16. The minimum absolute atomic E-state index is 0.156. The maximum absolute atomic E-state index is 13.1. The smallest absolute Gasteiger partial charge is 0.237 e. The van der Waals surface area contributed by atoms with Crippen molar-refractivity contribution < 1.29 is 14.3 Å². The molecular formula is C27H28N4O3S. The molecule has 0 aliphatic carbocycles. The van der Waals surface area contributed by atoms with Crippen molar-refractivity contribution in [2.75, 3.05) is 19.5 Å². The average Bonchev–Trinajstić information content (AvgIpc) is 3.27. The van der Waals surface area contributed by atoms with Crippen LogP contribution in [0.1, 0.15) is 18.1 Å². The van der Waals surface area contributed by atoms with Crippen LogP contribution in [0.2, 0.25) is 0 Å². The Morgan fingerprint density at radius 1 is 0.914 bits per heavy atom. The van der Waals surface area contributed by atoms with Crippen molar-refractivity contribution in [3.63, 3.8) is 0 Å². The number of hydrogen-bond acceptors (Lipinski definition) is 6. The van der Waals surface area contributed by atoms with Crippen LogP contribution < -0.4 is 14.8 Å². The second kappa shape index (κ2) is 10.7. The molecule has 1 atom stereocenters. The third-order valence-electron chi connectivity index (χ3n) is 5.54. The van der Waals surface area contributed by atoms with Gasteiger partial charge in [-0.2, -0.15) is 0 Å². The van der Waals surface area contributed by atoms with E-state index in [-0.39, 0.29) is 5.91 Å². The first-order chi connectivity index (χ1) is 16.9. The topological polar surface area (TPSA) is 78.3 Å². The maximum Gasteiger partial charge on any atom is 0.237 e. The number of nitrogens with zero attached hydrogens (tertiary/aromatic N) is 3. The Balaban J connectivity index is 1.68. The van der Waals surface area contributed by atoms with Gasteiger partial charge in [-0.15, -0.1) is 10.2 Å². The molecule has 4 aromatic rings. The van der Waals surface area contributed by atoms with Gasteiger partial charge in [0.15, 0.2) is 11.0 Å². The molecule has 1 N–H and O–H groups in total. The highest BCUT2D eigenvalue weighted by molar-refractivity contribution is 8.00. The van der Waals surface area contributed by atoms with Gasteiger partial charge in [-0.05, 0) is 62.7 Å². The van der Waals surface area contributed by atoms with E-state index in [2.05, 4.69) is 15.5 Å². The fourth-order valence-corrected chi connectivity index (χ4v) is 4.51. The van der Waals surface area contributed by atoms with Crippen LogP contribution in [-0.2, 0) is 4.79 Å². The molecule has 8 heteroatoms. The van der Waals surface area contributed by atoms with Crippen LogP contribution in [0.5, 0.6) is 11.5 Å². The molecule has 0 spiro atoms. The molecule has 1 aromatic heterocycles. The van der Waals surface area contributed by atoms with Gasteiger partial charge in [0.05, 0.1) is 30.7 Å². The fraction of sp³-hybridized carbons (Fsp3) is 0.222. The molecule has 4 rings (SSSR count). The van der Waals surface area contributed by atoms with Crippen LogP contribution in [0.15, 0.2) is 71.9 Å². The van der Waals surface area contributed by atoms with Gasteiger partial charge in [0, 0.05) is 5.69 Å². The Kier molecular flexibility index (Phi) is 7.41. The second-order valence-electron chi connectivity index (χ2n) is 8.13. The highest BCUT2D eigenvalue weighted by Gasteiger charge is 2.24. The van der Waals surface area contributed by atoms with E-state index in [9.17, 15) is 4.79 Å². The molecule has 0 bridgehead atoms. The van der Waals surface area contributed by atoms with E-state index < -0.39 is 5.25 Å². The molecule has 0 saturated carbocycles. The van der Waals surface area contributed by atoms with E-state index in [4.69, 9.17) is 9.47 Å². The third-order valence-corrected chi connectivity index (χ3v) is 6.58. The molecule has 1 unspecified atom stereocenters. The molecule has 0 saturated heterocycles. The molecule has 1 amide bonds. The molecule has 0 aliphatic heterocycles. The number of para-hydroxylation sites is 1. The number of rotatable bonds is 8. The minimum atomic E-state index is -0.445. The summed E-state index contributed by atoms with van der Waals surface area (Å²) < 4.78 is 12.9. The second-order valence-corrected chi connectivity index (χ2v) is 9.44. The quantitative estimate of drug-likeness (QED) is 0.321. The highest BCUT2D eigenvalue weighted by atomic mass is 32.2. The lowest BCUT2D eigenvalue weighted by molar-refractivity contribution is -0.115. The van der Waals surface area contributed by atoms with Crippen molar-refractivity contribution in [1.82, 2.24) is 14.8 Å². The van der Waals surface area contributed by atoms with Gasteiger partial charge < -0.3 is 14.8 Å². The summed E-state index contributed by atoms with van der Waals surface area (Å²) in [7, 11) is 3.22. The number of carbonyl (C=O) groups excluding carboxylic acids is 1. The highest BCUT2D eigenvalue weighted by Crippen LogP contribution is 2.35. The Morgan fingerprint density at radius 3 is 2.31 bits per heavy atom. The van der Waals surface area contributed by atoms with Gasteiger partial charge in [0.25, 0.3) is 0 Å². The molecule has 3 aromatic carbocycles. The van der Waals surface area contributed by atoms with Gasteiger partial charge in [-0.3, -0.25) is 9.36 Å². The zero-order valence-electron chi connectivity index (χ0n) is 20.4. The monoisotopic (exact) mass is 488 g/mol. The lowest BCUT2D eigenvalue weighted by atomic mass is 10.1. The number of hydrogen-bond donors (Lipinski definition) is 1. The number of benzene rings is 3. The lowest BCUT2D eigenvalue weighted by Crippen LogP contribution is -2.23. The van der Waals surface area contributed by atoms with Gasteiger partial charge in [-0.25, -0.2) is 0 Å². The largest absolute Gasteiger partial charge is 0.496 e. The standard InChI is InChI=1S/C27H28N4O3S/c1-17-10-13-20(14-11-17)31-25(21-8-6-7-9-23(21)33-4)29-30-27(31)35-19(3)26(32)28-22-16-18(2)12-15-24(22)34-5/h6-16,19H,1-5H3,(H,28,32). The van der Waals surface area contributed by atoms with Crippen molar-refractivity contribution in [2.24, 2.45) is 0 Å². The molecule has 1 heterocycles. The number of carbonyl (C=O) groups is 1. The summed E-state index contributed by atoms with van der Waals surface area (Å²) in [5.74, 6) is 1.79. The van der Waals surface area contributed by atoms with E-state index in [1.54, 1.807) is 14.2 Å². The number of methoxy groups -OCH3 is 2. The third kappa shape index (κ3) is 5.33.